The number of rotatable bonds is 0. The van der Waals surface area contributed by atoms with Gasteiger partial charge >= 0.3 is 26.2 Å². The van der Waals surface area contributed by atoms with Gasteiger partial charge in [0.1, 0.15) is 0 Å². The van der Waals surface area contributed by atoms with E-state index < -0.39 is 0 Å². The standard InChI is InChI=1S/C13H9.C5H5.C3H7.CHSi.Zr/c1-3-7-12-10(5-1)9-11-6-2-4-8-13(11)12;1-2-4-5-3-1;1-3-2;1-2;/h1-9H;1-5H;3H,1-2H3;1H;/q4*-1;+4. The maximum absolute atomic E-state index is 4.31. The van der Waals surface area contributed by atoms with Gasteiger partial charge in [0.05, 0.1) is 0 Å². The zero-order valence-corrected chi connectivity index (χ0v) is 17.7. The van der Waals surface area contributed by atoms with E-state index in [1.54, 1.807) is 0 Å². The number of hydrogen-bond donors (Lipinski definition) is 0. The third kappa shape index (κ3) is 7.03. The number of fused-ring (bicyclic) bond motifs is 3. The molecular formula is C22H22SiZr. The Hall–Kier alpha value is -1.37. The van der Waals surface area contributed by atoms with Crippen molar-refractivity contribution < 1.29 is 26.2 Å². The van der Waals surface area contributed by atoms with Gasteiger partial charge in [0, 0.05) is 0 Å². The van der Waals surface area contributed by atoms with E-state index in [1.807, 2.05) is 50.6 Å². The van der Waals surface area contributed by atoms with Crippen LogP contribution in [0.15, 0.2) is 84.9 Å². The Kier molecular flexibility index (Phi) is 13.2. The molecule has 0 aliphatic heterocycles. The molecule has 2 radical (unpaired) electrons. The van der Waals surface area contributed by atoms with Crippen molar-refractivity contribution in [1.29, 1.82) is 0 Å². The van der Waals surface area contributed by atoms with Crippen LogP contribution < -0.4 is 0 Å². The molecule has 0 spiro atoms. The van der Waals surface area contributed by atoms with Crippen molar-refractivity contribution in [2.24, 2.45) is 0 Å². The van der Waals surface area contributed by atoms with Crippen LogP contribution in [0.5, 0.6) is 0 Å². The molecule has 4 rings (SSSR count). The van der Waals surface area contributed by atoms with Gasteiger partial charge in [-0.05, 0) is 0 Å². The molecule has 0 saturated carbocycles. The van der Waals surface area contributed by atoms with Crippen molar-refractivity contribution in [3.05, 3.63) is 91.3 Å². The van der Waals surface area contributed by atoms with E-state index >= 15 is 0 Å². The second-order valence-electron chi connectivity index (χ2n) is 4.86. The fourth-order valence-electron chi connectivity index (χ4n) is 2.22. The smallest absolute Gasteiger partial charge is 0.530 e. The third-order valence-electron chi connectivity index (χ3n) is 3.08. The fraction of sp³-hybridized carbons (Fsp3) is 0.0909. The first-order chi connectivity index (χ1) is 11.4. The molecule has 118 valence electrons. The van der Waals surface area contributed by atoms with Crippen LogP contribution in [0, 0.1) is 6.42 Å². The quantitative estimate of drug-likeness (QED) is 0.256. The van der Waals surface area contributed by atoms with Crippen molar-refractivity contribution in [1.82, 2.24) is 0 Å². The molecule has 0 aliphatic carbocycles. The van der Waals surface area contributed by atoms with Crippen LogP contribution in [0.1, 0.15) is 13.8 Å². The Labute approximate surface area is 168 Å². The second kappa shape index (κ2) is 14.0. The largest absolute Gasteiger partial charge is 4.00 e. The minimum Gasteiger partial charge on any atom is -0.530 e. The molecule has 0 aromatic heterocycles. The molecule has 0 nitrogen and oxygen atoms in total. The van der Waals surface area contributed by atoms with Crippen LogP contribution in [0.2, 0.25) is 0 Å². The van der Waals surface area contributed by atoms with Gasteiger partial charge in [0.15, 0.2) is 0 Å². The molecule has 0 heterocycles. The summed E-state index contributed by atoms with van der Waals surface area (Å²) in [4.78, 5) is 0. The van der Waals surface area contributed by atoms with Gasteiger partial charge in [0.2, 0.25) is 0 Å². The molecule has 0 amide bonds. The molecule has 0 unspecified atom stereocenters. The Morgan fingerprint density at radius 1 is 0.750 bits per heavy atom. The molecule has 4 aromatic rings. The number of hydrogen-bond acceptors (Lipinski definition) is 0. The maximum Gasteiger partial charge on any atom is 4.00 e. The maximum atomic E-state index is 4.31. The van der Waals surface area contributed by atoms with Crippen molar-refractivity contribution >= 4 is 37.6 Å². The zero-order valence-electron chi connectivity index (χ0n) is 14.2. The topological polar surface area (TPSA) is 0 Å². The second-order valence-corrected chi connectivity index (χ2v) is 4.86. The first-order valence-electron chi connectivity index (χ1n) is 7.59. The summed E-state index contributed by atoms with van der Waals surface area (Å²) in [5.41, 5.74) is 0. The van der Waals surface area contributed by atoms with Crippen LogP contribution in [0.4, 0.5) is 0 Å². The van der Waals surface area contributed by atoms with Crippen molar-refractivity contribution in [3.8, 4) is 0 Å². The Morgan fingerprint density at radius 3 is 1.46 bits per heavy atom. The summed E-state index contributed by atoms with van der Waals surface area (Å²) in [5.74, 6) is 0. The zero-order chi connectivity index (χ0) is 16.9. The van der Waals surface area contributed by atoms with Gasteiger partial charge < -0.3 is 12.6 Å². The molecule has 0 aliphatic rings. The normalized spacial score (nSPS) is 8.58. The summed E-state index contributed by atoms with van der Waals surface area (Å²) in [5, 5.41) is 5.39. The summed E-state index contributed by atoms with van der Waals surface area (Å²) in [6.45, 7) is 4.00. The van der Waals surface area contributed by atoms with Crippen LogP contribution in [-0.2, 0) is 26.2 Å². The van der Waals surface area contributed by atoms with Gasteiger partial charge in [0.25, 0.3) is 0 Å². The molecule has 24 heavy (non-hydrogen) atoms. The summed E-state index contributed by atoms with van der Waals surface area (Å²) in [7, 11) is 2.47. The average Bonchev–Trinajstić information content (AvgIpc) is 3.29. The van der Waals surface area contributed by atoms with Gasteiger partial charge in [-0.1, -0.05) is 36.4 Å². The summed E-state index contributed by atoms with van der Waals surface area (Å²) in [6, 6.07) is 29.3. The van der Waals surface area contributed by atoms with Gasteiger partial charge in [-0.2, -0.15) is 32.0 Å². The van der Waals surface area contributed by atoms with E-state index in [0.29, 0.717) is 0 Å². The van der Waals surface area contributed by atoms with Crippen molar-refractivity contribution in [3.63, 3.8) is 0 Å². The van der Waals surface area contributed by atoms with E-state index in [0.717, 1.165) is 0 Å². The predicted octanol–water partition coefficient (Wildman–Crippen LogP) is 5.81. The van der Waals surface area contributed by atoms with E-state index in [9.17, 15) is 0 Å². The minimum absolute atomic E-state index is 0. The Balaban J connectivity index is 0.000000407. The molecule has 0 N–H and O–H groups in total. The minimum atomic E-state index is 0. The van der Waals surface area contributed by atoms with Crippen LogP contribution >= 0.6 is 0 Å². The van der Waals surface area contributed by atoms with E-state index in [1.165, 1.54) is 21.5 Å². The monoisotopic (exact) mass is 404 g/mol. The van der Waals surface area contributed by atoms with E-state index in [4.69, 9.17) is 0 Å². The molecule has 4 aromatic carbocycles. The molecule has 0 saturated heterocycles. The van der Waals surface area contributed by atoms with Crippen molar-refractivity contribution in [2.45, 2.75) is 13.8 Å². The van der Waals surface area contributed by atoms with E-state index in [-0.39, 0.29) is 26.2 Å². The third-order valence-corrected chi connectivity index (χ3v) is 3.08. The molecule has 2 heteroatoms. The summed E-state index contributed by atoms with van der Waals surface area (Å²) < 4.78 is 0. The first-order valence-corrected chi connectivity index (χ1v) is 8.17. The van der Waals surface area contributed by atoms with Crippen LogP contribution in [-0.4, -0.2) is 16.0 Å². The van der Waals surface area contributed by atoms with Gasteiger partial charge in [-0.25, -0.2) is 12.1 Å². The molecule has 0 bridgehead atoms. The van der Waals surface area contributed by atoms with Gasteiger partial charge in [-0.3, -0.25) is 9.85 Å². The van der Waals surface area contributed by atoms with Crippen molar-refractivity contribution in [2.75, 3.05) is 0 Å². The average molecular weight is 406 g/mol. The van der Waals surface area contributed by atoms with Gasteiger partial charge in [-0.15, -0.1) is 39.7 Å². The summed E-state index contributed by atoms with van der Waals surface area (Å²) in [6.07, 6.45) is 6.31. The number of benzene rings is 2. The Morgan fingerprint density at radius 2 is 1.12 bits per heavy atom. The molecule has 0 atom stereocenters. The van der Waals surface area contributed by atoms with E-state index in [2.05, 4.69) is 70.6 Å². The Bertz CT molecular complexity index is 701. The first kappa shape index (κ1) is 22.6. The van der Waals surface area contributed by atoms with Crippen LogP contribution in [0.25, 0.3) is 21.5 Å². The summed E-state index contributed by atoms with van der Waals surface area (Å²) >= 11 is 0. The van der Waals surface area contributed by atoms with Crippen LogP contribution in [0.3, 0.4) is 0 Å². The SMILES string of the molecule is C[CH-]C.[CH-]=[Si].[Zr+4].c1cc[cH-]c1.c1ccc2c(c1)[cH-]c1ccccc12. The predicted molar refractivity (Wildman–Crippen MR) is 107 cm³/mol. The fourth-order valence-corrected chi connectivity index (χ4v) is 2.22. The molecular weight excluding hydrogens is 384 g/mol. The molecule has 0 fully saturated rings.